The number of anilines is 3. The zero-order valence-electron chi connectivity index (χ0n) is 33.7. The predicted molar refractivity (Wildman–Crippen MR) is 258 cm³/mol. The Hall–Kier alpha value is -7.72. The van der Waals surface area contributed by atoms with Crippen LogP contribution in [0.1, 0.15) is 22.3 Å². The monoisotopic (exact) mass is 803 g/mol. The lowest BCUT2D eigenvalue weighted by Crippen LogP contribution is -2.70. The molecule has 288 valence electrons. The van der Waals surface area contributed by atoms with Gasteiger partial charge in [-0.2, -0.15) is 0 Å². The molecule has 0 radical (unpaired) electrons. The van der Waals surface area contributed by atoms with Crippen molar-refractivity contribution >= 4 is 56.7 Å². The van der Waals surface area contributed by atoms with Gasteiger partial charge in [0, 0.05) is 16.8 Å². The first-order valence-corrected chi connectivity index (χ1v) is 23.6. The van der Waals surface area contributed by atoms with Crippen molar-refractivity contribution in [2.24, 2.45) is 0 Å². The molecule has 0 fully saturated rings. The first kappa shape index (κ1) is 34.0. The van der Waals surface area contributed by atoms with E-state index in [4.69, 9.17) is 4.74 Å². The molecule has 0 atom stereocenters. The fourth-order valence-corrected chi connectivity index (χ4v) is 17.6. The normalized spacial score (nSPS) is 14.8. The van der Waals surface area contributed by atoms with Crippen LogP contribution in [0.4, 0.5) is 17.1 Å². The molecule has 3 heteroatoms. The molecule has 4 heterocycles. The molecule has 14 rings (SSSR count). The fraction of sp³-hybridized carbons (Fsp3) is 0.0169. The van der Waals surface area contributed by atoms with Gasteiger partial charge in [-0.05, 0) is 118 Å². The summed E-state index contributed by atoms with van der Waals surface area (Å²) in [6.07, 6.45) is 0. The Morgan fingerprint density at radius 2 is 0.871 bits per heavy atom. The molecule has 0 amide bonds. The van der Waals surface area contributed by atoms with Gasteiger partial charge in [0.1, 0.15) is 11.5 Å². The molecule has 0 saturated carbocycles. The summed E-state index contributed by atoms with van der Waals surface area (Å²) in [6.45, 7) is 0. The maximum atomic E-state index is 6.80. The van der Waals surface area contributed by atoms with Crippen LogP contribution in [0.3, 0.4) is 0 Å². The van der Waals surface area contributed by atoms with E-state index in [-0.39, 0.29) is 0 Å². The molecular weight excluding hydrogens is 767 g/mol. The van der Waals surface area contributed by atoms with Crippen LogP contribution in [0.15, 0.2) is 224 Å². The zero-order chi connectivity index (χ0) is 40.6. The van der Waals surface area contributed by atoms with Crippen molar-refractivity contribution < 1.29 is 4.74 Å². The molecule has 0 unspecified atom stereocenters. The Bertz CT molecular complexity index is 3430. The summed E-state index contributed by atoms with van der Waals surface area (Å²) in [5, 5.41) is 8.39. The maximum Gasteiger partial charge on any atom is 0.182 e. The molecule has 0 N–H and O–H groups in total. The van der Waals surface area contributed by atoms with E-state index in [1.807, 2.05) is 0 Å². The Morgan fingerprint density at radius 1 is 0.355 bits per heavy atom. The summed E-state index contributed by atoms with van der Waals surface area (Å²) in [4.78, 5) is 2.56. The van der Waals surface area contributed by atoms with E-state index in [1.165, 1.54) is 87.4 Å². The number of hydrogen-bond donors (Lipinski definition) is 0. The van der Waals surface area contributed by atoms with Gasteiger partial charge in [0.15, 0.2) is 8.07 Å². The second-order valence-electron chi connectivity index (χ2n) is 17.1. The van der Waals surface area contributed by atoms with Gasteiger partial charge in [-0.1, -0.05) is 182 Å². The molecule has 10 aromatic carbocycles. The molecule has 2 nitrogen and oxygen atoms in total. The number of para-hydroxylation sites is 3. The molecule has 0 saturated heterocycles. The number of hydrogen-bond acceptors (Lipinski definition) is 2. The van der Waals surface area contributed by atoms with Crippen molar-refractivity contribution in [2.45, 2.75) is 5.41 Å². The van der Waals surface area contributed by atoms with Crippen LogP contribution in [0.5, 0.6) is 11.5 Å². The Labute approximate surface area is 361 Å². The Morgan fingerprint density at radius 3 is 1.56 bits per heavy atom. The standard InChI is InChI=1S/C59H37NOSi/c1-2-18-41-38(16-1)17-15-22-42(41)39-32-35-52-50(36-39)59(48-24-7-10-27-53(48)61-54-28-11-8-25-49(54)59)47-23-6-9-26-51(47)60(52)40-33-34-46-45-21-5-14-31-57(45)62(58(46)37-40)55-29-12-3-19-43(55)44-20-4-13-30-56(44)62/h1-37H. The third-order valence-electron chi connectivity index (χ3n) is 14.3. The molecule has 4 aliphatic rings. The van der Waals surface area contributed by atoms with Crippen molar-refractivity contribution in [3.05, 3.63) is 247 Å². The predicted octanol–water partition coefficient (Wildman–Crippen LogP) is 12.1. The topological polar surface area (TPSA) is 12.5 Å². The highest BCUT2D eigenvalue weighted by Gasteiger charge is 2.55. The van der Waals surface area contributed by atoms with E-state index in [1.54, 1.807) is 0 Å². The first-order valence-electron chi connectivity index (χ1n) is 21.6. The summed E-state index contributed by atoms with van der Waals surface area (Å²) in [5.41, 5.74) is 15.5. The van der Waals surface area contributed by atoms with Crippen LogP contribution >= 0.6 is 0 Å². The highest BCUT2D eigenvalue weighted by atomic mass is 28.3. The molecule has 0 aliphatic carbocycles. The molecule has 4 aliphatic heterocycles. The van der Waals surface area contributed by atoms with Gasteiger partial charge in [-0.15, -0.1) is 0 Å². The Kier molecular flexibility index (Phi) is 6.82. The SMILES string of the molecule is c1ccc2c(c1)Oc1ccccc1C21c2ccccc2N(c2ccc3c(c2)[Si]2(c4ccccc4-c4ccccc42)c2ccccc2-3)c2ccc(-c3cccc4ccccc34)cc21. The molecule has 10 aromatic rings. The van der Waals surface area contributed by atoms with Crippen molar-refractivity contribution in [3.63, 3.8) is 0 Å². The summed E-state index contributed by atoms with van der Waals surface area (Å²) in [7, 11) is -2.69. The van der Waals surface area contributed by atoms with Crippen molar-refractivity contribution in [1.82, 2.24) is 0 Å². The Balaban J connectivity index is 1.09. The van der Waals surface area contributed by atoms with E-state index in [0.717, 1.165) is 28.3 Å². The van der Waals surface area contributed by atoms with Gasteiger partial charge >= 0.3 is 0 Å². The second kappa shape index (κ2) is 12.4. The lowest BCUT2D eigenvalue weighted by Gasteiger charge is -2.48. The van der Waals surface area contributed by atoms with Crippen LogP contribution in [-0.2, 0) is 5.41 Å². The van der Waals surface area contributed by atoms with E-state index in [9.17, 15) is 0 Å². The number of nitrogens with zero attached hydrogens (tertiary/aromatic N) is 1. The quantitative estimate of drug-likeness (QED) is 0.161. The summed E-state index contributed by atoms with van der Waals surface area (Å²) >= 11 is 0. The van der Waals surface area contributed by atoms with Gasteiger partial charge in [-0.25, -0.2) is 0 Å². The molecule has 0 bridgehead atoms. The lowest BCUT2D eigenvalue weighted by atomic mass is 9.61. The van der Waals surface area contributed by atoms with E-state index in [2.05, 4.69) is 229 Å². The van der Waals surface area contributed by atoms with Crippen LogP contribution in [0.2, 0.25) is 0 Å². The van der Waals surface area contributed by atoms with Gasteiger partial charge in [0.25, 0.3) is 0 Å². The lowest BCUT2D eigenvalue weighted by molar-refractivity contribution is 0.434. The zero-order valence-corrected chi connectivity index (χ0v) is 34.7. The number of ether oxygens (including phenoxy) is 1. The average molecular weight is 804 g/mol. The van der Waals surface area contributed by atoms with Gasteiger partial charge < -0.3 is 9.64 Å². The highest BCUT2D eigenvalue weighted by molar-refractivity contribution is 7.24. The number of benzene rings is 10. The van der Waals surface area contributed by atoms with Crippen LogP contribution in [-0.4, -0.2) is 8.07 Å². The van der Waals surface area contributed by atoms with Crippen molar-refractivity contribution in [2.75, 3.05) is 4.90 Å². The minimum absolute atomic E-state index is 0.666. The number of rotatable bonds is 2. The second-order valence-corrected chi connectivity index (χ2v) is 20.7. The van der Waals surface area contributed by atoms with Gasteiger partial charge in [0.05, 0.1) is 16.8 Å². The van der Waals surface area contributed by atoms with E-state index in [0.29, 0.717) is 0 Å². The van der Waals surface area contributed by atoms with Crippen molar-refractivity contribution in [3.8, 4) is 44.9 Å². The minimum Gasteiger partial charge on any atom is -0.457 e. The van der Waals surface area contributed by atoms with Gasteiger partial charge in [0.2, 0.25) is 0 Å². The third kappa shape index (κ3) is 4.18. The number of fused-ring (bicyclic) bond motifs is 19. The molecule has 0 aromatic heterocycles. The fourth-order valence-electron chi connectivity index (χ4n) is 12.0. The van der Waals surface area contributed by atoms with Crippen LogP contribution in [0.25, 0.3) is 44.2 Å². The van der Waals surface area contributed by atoms with E-state index >= 15 is 0 Å². The smallest absolute Gasteiger partial charge is 0.182 e. The summed E-state index contributed by atoms with van der Waals surface area (Å²) in [6, 6.07) is 84.1. The molecule has 2 spiro atoms. The van der Waals surface area contributed by atoms with Gasteiger partial charge in [-0.3, -0.25) is 0 Å². The average Bonchev–Trinajstić information content (AvgIpc) is 3.81. The first-order chi connectivity index (χ1) is 30.8. The van der Waals surface area contributed by atoms with Crippen LogP contribution in [0, 0.1) is 0 Å². The van der Waals surface area contributed by atoms with E-state index < -0.39 is 13.5 Å². The van der Waals surface area contributed by atoms with Crippen molar-refractivity contribution in [1.29, 1.82) is 0 Å². The molecule has 62 heavy (non-hydrogen) atoms. The largest absolute Gasteiger partial charge is 0.457 e. The summed E-state index contributed by atoms with van der Waals surface area (Å²) < 4.78 is 6.80. The maximum absolute atomic E-state index is 6.80. The van der Waals surface area contributed by atoms with Crippen LogP contribution < -0.4 is 30.4 Å². The minimum atomic E-state index is -2.69. The summed E-state index contributed by atoms with van der Waals surface area (Å²) in [5.74, 6) is 1.77. The highest BCUT2D eigenvalue weighted by Crippen LogP contribution is 2.63. The third-order valence-corrected chi connectivity index (χ3v) is 19.3. The molecular formula is C59H37NOSi.